The summed E-state index contributed by atoms with van der Waals surface area (Å²) in [6, 6.07) is 4.87. The highest BCUT2D eigenvalue weighted by atomic mass is 32.2. The molecule has 0 radical (unpaired) electrons. The molecule has 1 aromatic heterocycles. The Labute approximate surface area is 251 Å². The van der Waals surface area contributed by atoms with Gasteiger partial charge in [0.05, 0.1) is 17.1 Å². The van der Waals surface area contributed by atoms with Crippen molar-refractivity contribution < 1.29 is 22.8 Å². The Morgan fingerprint density at radius 1 is 1.00 bits per heavy atom. The van der Waals surface area contributed by atoms with E-state index < -0.39 is 22.2 Å². The van der Waals surface area contributed by atoms with Gasteiger partial charge in [0.2, 0.25) is 17.7 Å². The Balaban J connectivity index is 1.00. The van der Waals surface area contributed by atoms with Gasteiger partial charge in [0.25, 0.3) is 10.2 Å². The number of carbonyl (C=O) groups is 3. The summed E-state index contributed by atoms with van der Waals surface area (Å²) >= 11 is 0. The van der Waals surface area contributed by atoms with E-state index in [1.807, 2.05) is 23.1 Å². The number of para-hydroxylation sites is 1. The third kappa shape index (κ3) is 5.42. The Morgan fingerprint density at radius 3 is 2.51 bits per heavy atom. The van der Waals surface area contributed by atoms with E-state index >= 15 is 0 Å². The van der Waals surface area contributed by atoms with Crippen molar-refractivity contribution in [3.8, 4) is 0 Å². The molecule has 14 heteroatoms. The molecule has 3 amide bonds. The van der Waals surface area contributed by atoms with Crippen LogP contribution in [-0.2, 0) is 38.1 Å². The molecule has 0 aliphatic carbocycles. The number of imide groups is 1. The Bertz CT molecular complexity index is 1590. The number of amides is 3. The number of nitrogens with two attached hydrogens (primary N) is 1. The second-order valence-corrected chi connectivity index (χ2v) is 14.2. The van der Waals surface area contributed by atoms with Crippen LogP contribution in [0.15, 0.2) is 23.0 Å². The van der Waals surface area contributed by atoms with E-state index in [0.29, 0.717) is 63.8 Å². The molecular weight excluding hydrogens is 574 g/mol. The van der Waals surface area contributed by atoms with Gasteiger partial charge in [0.1, 0.15) is 6.04 Å². The summed E-state index contributed by atoms with van der Waals surface area (Å²) in [5, 5.41) is 2.34. The molecule has 3 atom stereocenters. The van der Waals surface area contributed by atoms with Crippen molar-refractivity contribution >= 4 is 39.0 Å². The summed E-state index contributed by atoms with van der Waals surface area (Å²) in [6.45, 7) is 1.86. The van der Waals surface area contributed by atoms with Crippen LogP contribution in [0.1, 0.15) is 69.4 Å². The summed E-state index contributed by atoms with van der Waals surface area (Å²) < 4.78 is 32.5. The molecule has 6 rings (SSSR count). The van der Waals surface area contributed by atoms with Gasteiger partial charge in [-0.25, -0.2) is 4.79 Å². The summed E-state index contributed by atoms with van der Waals surface area (Å²) in [6.07, 6.45) is 6.06. The predicted molar refractivity (Wildman–Crippen MR) is 159 cm³/mol. The quantitative estimate of drug-likeness (QED) is 0.305. The molecule has 4 fully saturated rings. The number of aromatic nitrogens is 2. The molecule has 3 unspecified atom stereocenters. The summed E-state index contributed by atoms with van der Waals surface area (Å²) in [5.41, 5.74) is 8.13. The molecule has 1 aromatic carbocycles. The number of hydrogen-bond donors (Lipinski definition) is 2. The van der Waals surface area contributed by atoms with E-state index in [4.69, 9.17) is 5.73 Å². The standard InChI is InChI=1S/C29H41N7O6S/c1-32-27-19(7-5-8-22(27)36(29(32)40)23-10-11-25(37)31-28(23)39)6-3-2-4-9-26(38)34-17-14-21-24(34)18-35(21)43(41,42)33-15-12-20(30)13-16-33/h5,7-8,20-21,23-24H,2-4,6,9-18,30H2,1H3,(H,31,37,39). The van der Waals surface area contributed by atoms with Gasteiger partial charge >= 0.3 is 5.69 Å². The van der Waals surface area contributed by atoms with Crippen molar-refractivity contribution in [2.45, 2.75) is 88.4 Å². The van der Waals surface area contributed by atoms with Crippen LogP contribution < -0.4 is 16.7 Å². The Hall–Kier alpha value is -3.07. The van der Waals surface area contributed by atoms with Gasteiger partial charge in [0.15, 0.2) is 0 Å². The third-order valence-corrected chi connectivity index (χ3v) is 11.8. The van der Waals surface area contributed by atoms with Crippen molar-refractivity contribution in [2.75, 3.05) is 26.2 Å². The van der Waals surface area contributed by atoms with Crippen LogP contribution in [0, 0.1) is 0 Å². The van der Waals surface area contributed by atoms with Gasteiger partial charge in [-0.3, -0.25) is 28.8 Å². The number of fused-ring (bicyclic) bond motifs is 2. The molecule has 43 heavy (non-hydrogen) atoms. The zero-order valence-electron chi connectivity index (χ0n) is 24.6. The van der Waals surface area contributed by atoms with E-state index in [0.717, 1.165) is 36.8 Å². The number of likely N-dealkylation sites (tertiary alicyclic amines) is 1. The molecule has 4 aliphatic heterocycles. The summed E-state index contributed by atoms with van der Waals surface area (Å²) in [5.74, 6) is -0.687. The zero-order valence-corrected chi connectivity index (χ0v) is 25.4. The van der Waals surface area contributed by atoms with Crippen molar-refractivity contribution in [3.63, 3.8) is 0 Å². The molecule has 3 N–H and O–H groups in total. The lowest BCUT2D eigenvalue weighted by atomic mass is 10.0. The minimum Gasteiger partial charge on any atom is -0.337 e. The van der Waals surface area contributed by atoms with Gasteiger partial charge < -0.3 is 10.6 Å². The molecule has 13 nitrogen and oxygen atoms in total. The highest BCUT2D eigenvalue weighted by Crippen LogP contribution is 2.37. The second-order valence-electron chi connectivity index (χ2n) is 12.3. The number of aryl methyl sites for hydroxylation is 2. The monoisotopic (exact) mass is 615 g/mol. The van der Waals surface area contributed by atoms with E-state index in [1.54, 1.807) is 20.2 Å². The molecular formula is C29H41N7O6S. The fourth-order valence-corrected chi connectivity index (χ4v) is 9.17. The molecule has 0 spiro atoms. The minimum absolute atomic E-state index is 0.0402. The SMILES string of the molecule is Cn1c(=O)n(C2CCC(=O)NC2=O)c2cccc(CCCCCC(=O)N3CCC4C3CN4S(=O)(=O)N3CCC(N)CC3)c21. The van der Waals surface area contributed by atoms with Crippen molar-refractivity contribution in [1.29, 1.82) is 0 Å². The van der Waals surface area contributed by atoms with Crippen LogP contribution in [0.25, 0.3) is 11.0 Å². The van der Waals surface area contributed by atoms with Crippen LogP contribution >= 0.6 is 0 Å². The maximum Gasteiger partial charge on any atom is 0.329 e. The average Bonchev–Trinajstić information content (AvgIpc) is 3.41. The zero-order chi connectivity index (χ0) is 30.5. The smallest absolute Gasteiger partial charge is 0.329 e. The maximum atomic E-state index is 13.1. The topological polar surface area (TPSA) is 160 Å². The first-order chi connectivity index (χ1) is 20.6. The molecule has 234 valence electrons. The highest BCUT2D eigenvalue weighted by molar-refractivity contribution is 7.86. The Kier molecular flexibility index (Phi) is 8.22. The van der Waals surface area contributed by atoms with Crippen LogP contribution in [0.2, 0.25) is 0 Å². The lowest BCUT2D eigenvalue weighted by molar-refractivity contribution is -0.136. The fourth-order valence-electron chi connectivity index (χ4n) is 7.27. The van der Waals surface area contributed by atoms with E-state index in [-0.39, 0.29) is 42.1 Å². The third-order valence-electron chi connectivity index (χ3n) is 9.73. The molecule has 0 bridgehead atoms. The van der Waals surface area contributed by atoms with E-state index in [2.05, 4.69) is 5.32 Å². The Morgan fingerprint density at radius 2 is 1.77 bits per heavy atom. The van der Waals surface area contributed by atoms with Crippen molar-refractivity contribution in [3.05, 3.63) is 34.2 Å². The number of carbonyl (C=O) groups excluding carboxylic acids is 3. The highest BCUT2D eigenvalue weighted by Gasteiger charge is 2.54. The van der Waals surface area contributed by atoms with Gasteiger partial charge in [0, 0.05) is 58.2 Å². The molecule has 0 saturated carbocycles. The minimum atomic E-state index is -3.52. The molecule has 4 aliphatic rings. The number of rotatable bonds is 9. The van der Waals surface area contributed by atoms with Crippen LogP contribution in [0.4, 0.5) is 0 Å². The lowest BCUT2D eigenvalue weighted by Gasteiger charge is -2.47. The van der Waals surface area contributed by atoms with Crippen LogP contribution in [0.3, 0.4) is 0 Å². The number of benzene rings is 1. The first-order valence-corrected chi connectivity index (χ1v) is 16.8. The average molecular weight is 616 g/mol. The number of nitrogens with one attached hydrogen (secondary N) is 1. The molecule has 5 heterocycles. The second kappa shape index (κ2) is 11.8. The first-order valence-electron chi connectivity index (χ1n) is 15.4. The number of unbranched alkanes of at least 4 members (excludes halogenated alkanes) is 2. The number of hydrogen-bond acceptors (Lipinski definition) is 7. The number of imidazole rings is 1. The largest absolute Gasteiger partial charge is 0.337 e. The lowest BCUT2D eigenvalue weighted by Crippen LogP contribution is -2.67. The molecule has 2 aromatic rings. The van der Waals surface area contributed by atoms with Crippen LogP contribution in [0.5, 0.6) is 0 Å². The van der Waals surface area contributed by atoms with Gasteiger partial charge in [-0.2, -0.15) is 17.0 Å². The maximum absolute atomic E-state index is 13.1. The summed E-state index contributed by atoms with van der Waals surface area (Å²) in [7, 11) is -1.82. The number of piperidine rings is 2. The van der Waals surface area contributed by atoms with Crippen molar-refractivity contribution in [2.24, 2.45) is 12.8 Å². The number of nitrogens with zero attached hydrogens (tertiary/aromatic N) is 5. The van der Waals surface area contributed by atoms with E-state index in [9.17, 15) is 27.6 Å². The van der Waals surface area contributed by atoms with Crippen LogP contribution in [-0.4, -0.2) is 93.1 Å². The summed E-state index contributed by atoms with van der Waals surface area (Å²) in [4.78, 5) is 52.2. The van der Waals surface area contributed by atoms with Gasteiger partial charge in [-0.15, -0.1) is 0 Å². The molecule has 4 saturated heterocycles. The first kappa shape index (κ1) is 30.0. The van der Waals surface area contributed by atoms with E-state index in [1.165, 1.54) is 4.57 Å². The van der Waals surface area contributed by atoms with Gasteiger partial charge in [-0.05, 0) is 56.6 Å². The van der Waals surface area contributed by atoms with Gasteiger partial charge in [-0.1, -0.05) is 18.6 Å². The fraction of sp³-hybridized carbons (Fsp3) is 0.655. The predicted octanol–water partition coefficient (Wildman–Crippen LogP) is 0.374. The normalized spacial score (nSPS) is 25.6. The van der Waals surface area contributed by atoms with Crippen molar-refractivity contribution in [1.82, 2.24) is 28.0 Å².